The minimum Gasteiger partial charge on any atom is -0.322 e. The van der Waals surface area contributed by atoms with Gasteiger partial charge in [-0.05, 0) is 71.8 Å². The zero-order valence-electron chi connectivity index (χ0n) is 28.5. The van der Waals surface area contributed by atoms with Crippen LogP contribution in [0, 0.1) is 0 Å². The lowest BCUT2D eigenvalue weighted by molar-refractivity contribution is -0.123. The molecule has 0 aliphatic carbocycles. The maximum atomic E-state index is 15.0. The molecule has 0 saturated carbocycles. The molecule has 3 aromatic carbocycles. The number of alkyl halides is 3. The van der Waals surface area contributed by atoms with Crippen LogP contribution in [-0.4, -0.2) is 53.2 Å². The quantitative estimate of drug-likeness (QED) is 0.133. The summed E-state index contributed by atoms with van der Waals surface area (Å²) in [5.74, 6) is -3.75. The molecule has 0 radical (unpaired) electrons. The summed E-state index contributed by atoms with van der Waals surface area (Å²) in [4.78, 5) is 63.4. The summed E-state index contributed by atoms with van der Waals surface area (Å²) in [6.45, 7) is 3.29. The highest BCUT2D eigenvalue weighted by Gasteiger charge is 2.59. The van der Waals surface area contributed by atoms with E-state index in [0.717, 1.165) is 12.1 Å². The van der Waals surface area contributed by atoms with Crippen LogP contribution in [0.1, 0.15) is 57.5 Å². The van der Waals surface area contributed by atoms with E-state index < -0.39 is 61.4 Å². The number of nitrogens with zero attached hydrogens (tertiary/aromatic N) is 3. The highest BCUT2D eigenvalue weighted by atomic mass is 32.2. The Bertz CT molecular complexity index is 2240. The highest BCUT2D eigenvalue weighted by Crippen LogP contribution is 2.47. The molecule has 12 nitrogen and oxygen atoms in total. The average molecular weight is 757 g/mol. The van der Waals surface area contributed by atoms with Gasteiger partial charge in [-0.1, -0.05) is 50.2 Å². The fraction of sp³-hybridized carbons (Fsp3) is 0.158. The molecule has 1 aliphatic rings. The lowest BCUT2D eigenvalue weighted by Gasteiger charge is -2.39. The van der Waals surface area contributed by atoms with Crippen molar-refractivity contribution in [3.8, 4) is 0 Å². The van der Waals surface area contributed by atoms with E-state index >= 15 is 0 Å². The Hall–Kier alpha value is -6.42. The van der Waals surface area contributed by atoms with Gasteiger partial charge in [-0.2, -0.15) is 13.2 Å². The second kappa shape index (κ2) is 14.5. The molecule has 0 spiro atoms. The smallest absolute Gasteiger partial charge is 0.322 e. The van der Waals surface area contributed by atoms with Gasteiger partial charge < -0.3 is 16.0 Å². The third-order valence-electron chi connectivity index (χ3n) is 9.36. The molecule has 0 bridgehead atoms. The van der Waals surface area contributed by atoms with Crippen LogP contribution < -0.4 is 20.9 Å². The van der Waals surface area contributed by atoms with E-state index in [2.05, 4.69) is 25.9 Å². The van der Waals surface area contributed by atoms with Gasteiger partial charge >= 0.3 is 11.5 Å². The second-order valence-corrected chi connectivity index (χ2v) is 14.3. The number of halogens is 3. The molecule has 5 amide bonds. The maximum absolute atomic E-state index is 15.0. The van der Waals surface area contributed by atoms with Gasteiger partial charge in [0.05, 0.1) is 34.4 Å². The van der Waals surface area contributed by atoms with E-state index in [1.165, 1.54) is 24.8 Å². The van der Waals surface area contributed by atoms with Crippen LogP contribution in [-0.2, 0) is 14.6 Å². The molecule has 1 saturated heterocycles. The fourth-order valence-corrected chi connectivity index (χ4v) is 7.26. The number of amides is 5. The van der Waals surface area contributed by atoms with Crippen molar-refractivity contribution >= 4 is 50.7 Å². The molecule has 1 aliphatic heterocycles. The van der Waals surface area contributed by atoms with Crippen LogP contribution in [0.25, 0.3) is 0 Å². The van der Waals surface area contributed by atoms with E-state index in [9.17, 15) is 40.8 Å². The SMILES string of the molecule is CC(c1ccncc1NC(=O)c1ccccc1)C1(C(C)c2ccncc2NC(=O)c2ccccc2)NC(=O)N(c2ccc(S(=O)(=O)C(F)(F)F)cc2)C1=O. The summed E-state index contributed by atoms with van der Waals surface area (Å²) in [6, 6.07) is 22.0. The van der Waals surface area contributed by atoms with Crippen LogP contribution in [0.4, 0.5) is 35.0 Å². The fourth-order valence-electron chi connectivity index (χ4n) is 6.50. The van der Waals surface area contributed by atoms with Crippen molar-refractivity contribution in [1.29, 1.82) is 0 Å². The average Bonchev–Trinajstić information content (AvgIpc) is 3.44. The van der Waals surface area contributed by atoms with Crippen LogP contribution >= 0.6 is 0 Å². The number of pyridine rings is 2. The first kappa shape index (κ1) is 37.3. The normalized spacial score (nSPS) is 17.0. The number of urea groups is 1. The van der Waals surface area contributed by atoms with Crippen molar-refractivity contribution in [3.05, 3.63) is 144 Å². The van der Waals surface area contributed by atoms with Gasteiger partial charge in [0.1, 0.15) is 5.54 Å². The van der Waals surface area contributed by atoms with Gasteiger partial charge in [0, 0.05) is 35.4 Å². The van der Waals surface area contributed by atoms with E-state index in [0.29, 0.717) is 39.3 Å². The van der Waals surface area contributed by atoms with E-state index in [1.54, 1.807) is 86.6 Å². The summed E-state index contributed by atoms with van der Waals surface area (Å²) in [5, 5.41) is 8.49. The van der Waals surface area contributed by atoms with Gasteiger partial charge in [0.15, 0.2) is 0 Å². The van der Waals surface area contributed by atoms with Crippen LogP contribution in [0.2, 0.25) is 0 Å². The second-order valence-electron chi connectivity index (χ2n) is 12.4. The van der Waals surface area contributed by atoms with Crippen molar-refractivity contribution in [3.63, 3.8) is 0 Å². The number of carbonyl (C=O) groups excluding carboxylic acids is 4. The van der Waals surface area contributed by atoms with E-state index in [4.69, 9.17) is 0 Å². The molecule has 54 heavy (non-hydrogen) atoms. The van der Waals surface area contributed by atoms with Gasteiger partial charge in [-0.25, -0.2) is 18.1 Å². The van der Waals surface area contributed by atoms with Crippen molar-refractivity contribution in [1.82, 2.24) is 15.3 Å². The summed E-state index contributed by atoms with van der Waals surface area (Å²) < 4.78 is 64.0. The maximum Gasteiger partial charge on any atom is 0.501 e. The van der Waals surface area contributed by atoms with Crippen molar-refractivity contribution in [2.45, 2.75) is 41.6 Å². The predicted molar refractivity (Wildman–Crippen MR) is 193 cm³/mol. The molecule has 2 unspecified atom stereocenters. The molecular weight excluding hydrogens is 726 g/mol. The first-order valence-corrected chi connectivity index (χ1v) is 17.8. The zero-order valence-corrected chi connectivity index (χ0v) is 29.4. The van der Waals surface area contributed by atoms with E-state index in [-0.39, 0.29) is 17.1 Å². The number of carbonyl (C=O) groups is 4. The number of nitrogens with one attached hydrogen (secondary N) is 3. The van der Waals surface area contributed by atoms with Crippen molar-refractivity contribution in [2.24, 2.45) is 0 Å². The number of anilines is 3. The molecule has 1 fully saturated rings. The molecule has 16 heteroatoms. The van der Waals surface area contributed by atoms with Crippen LogP contribution in [0.3, 0.4) is 0 Å². The van der Waals surface area contributed by atoms with Gasteiger partial charge in [0.25, 0.3) is 27.6 Å². The molecule has 2 atom stereocenters. The minimum atomic E-state index is -5.72. The number of benzene rings is 3. The zero-order chi connectivity index (χ0) is 38.8. The number of rotatable bonds is 10. The minimum absolute atomic E-state index is 0.209. The molecule has 6 rings (SSSR count). The third-order valence-corrected chi connectivity index (χ3v) is 10.9. The Labute approximate surface area is 307 Å². The Balaban J connectivity index is 1.46. The predicted octanol–water partition coefficient (Wildman–Crippen LogP) is 6.68. The van der Waals surface area contributed by atoms with E-state index in [1.807, 2.05) is 0 Å². The summed E-state index contributed by atoms with van der Waals surface area (Å²) in [5.41, 5.74) is -5.81. The largest absolute Gasteiger partial charge is 0.501 e. The summed E-state index contributed by atoms with van der Waals surface area (Å²) in [7, 11) is -5.72. The first-order valence-electron chi connectivity index (χ1n) is 16.4. The standard InChI is InChI=1S/C38H31F3N6O6S/c1-23(29-17-19-42-21-31(29)44-33(48)25-9-5-3-6-10-25)37(24(2)30-18-20-43-22-32(30)45-34(49)26-11-7-4-8-12-26)35(50)47(36(51)46-37)27-13-15-28(16-14-27)54(52,53)38(39,40)41/h3-24H,1-2H3,(H,44,48)(H,45,49)(H,46,51). The molecule has 5 aromatic rings. The van der Waals surface area contributed by atoms with Gasteiger partial charge in [-0.15, -0.1) is 0 Å². The lowest BCUT2D eigenvalue weighted by atomic mass is 9.69. The monoisotopic (exact) mass is 756 g/mol. The van der Waals surface area contributed by atoms with Gasteiger partial charge in [-0.3, -0.25) is 24.4 Å². The first-order chi connectivity index (χ1) is 25.7. The number of imide groups is 1. The third kappa shape index (κ3) is 6.78. The number of hydrogen-bond donors (Lipinski definition) is 3. The van der Waals surface area contributed by atoms with Crippen molar-refractivity contribution < 1.29 is 40.8 Å². The number of hydrogen-bond acceptors (Lipinski definition) is 8. The molecule has 3 N–H and O–H groups in total. The Kier molecular flexibility index (Phi) is 10.1. The summed E-state index contributed by atoms with van der Waals surface area (Å²) >= 11 is 0. The summed E-state index contributed by atoms with van der Waals surface area (Å²) in [6.07, 6.45) is 5.67. The molecule has 3 heterocycles. The van der Waals surface area contributed by atoms with Crippen LogP contribution in [0.5, 0.6) is 0 Å². The Morgan fingerprint density at radius 1 is 0.722 bits per heavy atom. The highest BCUT2D eigenvalue weighted by molar-refractivity contribution is 7.92. The topological polar surface area (TPSA) is 168 Å². The van der Waals surface area contributed by atoms with Crippen LogP contribution in [0.15, 0.2) is 127 Å². The number of aromatic nitrogens is 2. The molecular formula is C38H31F3N6O6S. The van der Waals surface area contributed by atoms with Gasteiger partial charge in [0.2, 0.25) is 0 Å². The Morgan fingerprint density at radius 3 is 1.59 bits per heavy atom. The van der Waals surface area contributed by atoms with Crippen molar-refractivity contribution in [2.75, 3.05) is 15.5 Å². The Morgan fingerprint density at radius 2 is 1.17 bits per heavy atom. The number of sulfone groups is 1. The lowest BCUT2D eigenvalue weighted by Crippen LogP contribution is -2.55. The molecule has 2 aromatic heterocycles. The molecule has 276 valence electrons.